The highest BCUT2D eigenvalue weighted by molar-refractivity contribution is 9.10. The van der Waals surface area contributed by atoms with E-state index < -0.39 is 39.2 Å². The van der Waals surface area contributed by atoms with Crippen molar-refractivity contribution < 1.29 is 31.1 Å². The molecule has 0 radical (unpaired) electrons. The molecule has 2 aromatic rings. The van der Waals surface area contributed by atoms with Gasteiger partial charge in [0.05, 0.1) is 10.5 Å². The van der Waals surface area contributed by atoms with Crippen LogP contribution in [0.3, 0.4) is 0 Å². The summed E-state index contributed by atoms with van der Waals surface area (Å²) in [6, 6.07) is 10.2. The number of rotatable bonds is 6. The summed E-state index contributed by atoms with van der Waals surface area (Å²) in [6.45, 7) is -0.783. The van der Waals surface area contributed by atoms with E-state index in [0.29, 0.717) is 11.6 Å². The Kier molecular flexibility index (Phi) is 6.43. The predicted octanol–water partition coefficient (Wildman–Crippen LogP) is 3.49. The van der Waals surface area contributed by atoms with Gasteiger partial charge in [0, 0.05) is 10.0 Å². The summed E-state index contributed by atoms with van der Waals surface area (Å²) in [7, 11) is -4.29. The van der Waals surface area contributed by atoms with Crippen LogP contribution in [0.2, 0.25) is 0 Å². The molecule has 26 heavy (non-hydrogen) atoms. The van der Waals surface area contributed by atoms with E-state index in [1.54, 1.807) is 24.3 Å². The molecule has 0 aliphatic heterocycles. The number of alkyl halides is 3. The Morgan fingerprint density at radius 3 is 2.46 bits per heavy atom. The fourth-order valence-electron chi connectivity index (χ4n) is 1.90. The normalized spacial score (nSPS) is 12.0. The van der Waals surface area contributed by atoms with Crippen LogP contribution < -0.4 is 4.72 Å². The van der Waals surface area contributed by atoms with Crippen molar-refractivity contribution in [1.82, 2.24) is 4.72 Å². The third kappa shape index (κ3) is 5.55. The van der Waals surface area contributed by atoms with Crippen LogP contribution in [0.15, 0.2) is 57.9 Å². The van der Waals surface area contributed by atoms with Gasteiger partial charge in [0.1, 0.15) is 13.2 Å². The maximum absolute atomic E-state index is 12.7. The number of ether oxygens (including phenoxy) is 1. The molecule has 2 rings (SSSR count). The topological polar surface area (TPSA) is 72.5 Å². The first-order valence-corrected chi connectivity index (χ1v) is 9.43. The SMILES string of the molecule is O=C(CNS(=O)(=O)c1cccc(C(F)(F)F)c1)OCc1ccccc1Br. The lowest BCUT2D eigenvalue weighted by Gasteiger charge is -2.10. The number of sulfonamides is 1. The smallest absolute Gasteiger partial charge is 0.416 e. The Balaban J connectivity index is 1.97. The monoisotopic (exact) mass is 451 g/mol. The molecule has 0 heterocycles. The summed E-state index contributed by atoms with van der Waals surface area (Å²) in [5.74, 6) is -0.865. The van der Waals surface area contributed by atoms with Crippen LogP contribution in [0.4, 0.5) is 13.2 Å². The van der Waals surface area contributed by atoms with Gasteiger partial charge in [-0.05, 0) is 24.3 Å². The van der Waals surface area contributed by atoms with Crippen molar-refractivity contribution in [2.24, 2.45) is 0 Å². The van der Waals surface area contributed by atoms with Crippen LogP contribution >= 0.6 is 15.9 Å². The van der Waals surface area contributed by atoms with Crippen molar-refractivity contribution in [3.8, 4) is 0 Å². The zero-order chi connectivity index (χ0) is 19.4. The average Bonchev–Trinajstić information content (AvgIpc) is 2.59. The highest BCUT2D eigenvalue weighted by Gasteiger charge is 2.31. The molecule has 0 saturated heterocycles. The van der Waals surface area contributed by atoms with Crippen molar-refractivity contribution >= 4 is 31.9 Å². The molecule has 0 bridgehead atoms. The van der Waals surface area contributed by atoms with E-state index in [0.717, 1.165) is 22.7 Å². The minimum absolute atomic E-state index is 0.0778. The zero-order valence-corrected chi connectivity index (χ0v) is 15.5. The molecule has 0 unspecified atom stereocenters. The summed E-state index contributed by atoms with van der Waals surface area (Å²) in [4.78, 5) is 11.1. The van der Waals surface area contributed by atoms with Crippen molar-refractivity contribution in [2.75, 3.05) is 6.54 Å². The molecule has 0 amide bonds. The van der Waals surface area contributed by atoms with Gasteiger partial charge < -0.3 is 4.74 Å². The lowest BCUT2D eigenvalue weighted by atomic mass is 10.2. The lowest BCUT2D eigenvalue weighted by Crippen LogP contribution is -2.30. The Morgan fingerprint density at radius 1 is 1.12 bits per heavy atom. The molecule has 0 aliphatic rings. The van der Waals surface area contributed by atoms with Crippen LogP contribution in [0.25, 0.3) is 0 Å². The second-order valence-corrected chi connectivity index (χ2v) is 7.72. The van der Waals surface area contributed by atoms with Crippen molar-refractivity contribution in [3.05, 3.63) is 64.1 Å². The van der Waals surface area contributed by atoms with E-state index in [-0.39, 0.29) is 6.61 Å². The van der Waals surface area contributed by atoms with Gasteiger partial charge in [0.25, 0.3) is 0 Å². The first-order chi connectivity index (χ1) is 12.1. The highest BCUT2D eigenvalue weighted by atomic mass is 79.9. The Morgan fingerprint density at radius 2 is 1.81 bits per heavy atom. The number of carbonyl (C=O) groups excluding carboxylic acids is 1. The molecule has 0 spiro atoms. The van der Waals surface area contributed by atoms with Crippen LogP contribution in [-0.2, 0) is 32.3 Å². The highest BCUT2D eigenvalue weighted by Crippen LogP contribution is 2.30. The molecule has 0 aliphatic carbocycles. The van der Waals surface area contributed by atoms with E-state index in [4.69, 9.17) is 4.74 Å². The fraction of sp³-hybridized carbons (Fsp3) is 0.188. The molecule has 1 N–H and O–H groups in total. The number of hydrogen-bond acceptors (Lipinski definition) is 4. The maximum atomic E-state index is 12.7. The molecule has 5 nitrogen and oxygen atoms in total. The van der Waals surface area contributed by atoms with Crippen molar-refractivity contribution in [2.45, 2.75) is 17.7 Å². The number of carbonyl (C=O) groups is 1. The van der Waals surface area contributed by atoms with Gasteiger partial charge >= 0.3 is 12.1 Å². The largest absolute Gasteiger partial charge is 0.460 e. The maximum Gasteiger partial charge on any atom is 0.416 e. The van der Waals surface area contributed by atoms with Crippen LogP contribution in [0.5, 0.6) is 0 Å². The molecule has 2 aromatic carbocycles. The van der Waals surface area contributed by atoms with Gasteiger partial charge in [-0.1, -0.05) is 40.2 Å². The molecular formula is C16H13BrF3NO4S. The van der Waals surface area contributed by atoms with E-state index in [1.165, 1.54) is 0 Å². The second kappa shape index (κ2) is 8.19. The van der Waals surface area contributed by atoms with Gasteiger partial charge in [-0.25, -0.2) is 8.42 Å². The summed E-state index contributed by atoms with van der Waals surface area (Å²) in [6.07, 6.45) is -4.67. The predicted molar refractivity (Wildman–Crippen MR) is 90.6 cm³/mol. The zero-order valence-electron chi connectivity index (χ0n) is 13.1. The Hall–Kier alpha value is -1.91. The van der Waals surface area contributed by atoms with Gasteiger partial charge in [-0.3, -0.25) is 4.79 Å². The quantitative estimate of drug-likeness (QED) is 0.682. The van der Waals surface area contributed by atoms with E-state index in [9.17, 15) is 26.4 Å². The van der Waals surface area contributed by atoms with Gasteiger partial charge in [0.15, 0.2) is 0 Å². The van der Waals surface area contributed by atoms with Gasteiger partial charge in [-0.15, -0.1) is 0 Å². The van der Waals surface area contributed by atoms with Crippen LogP contribution in [0.1, 0.15) is 11.1 Å². The summed E-state index contributed by atoms with van der Waals surface area (Å²) >= 11 is 3.28. The lowest BCUT2D eigenvalue weighted by molar-refractivity contribution is -0.143. The molecule has 0 aromatic heterocycles. The van der Waals surface area contributed by atoms with Crippen molar-refractivity contribution in [3.63, 3.8) is 0 Å². The van der Waals surface area contributed by atoms with Crippen LogP contribution in [-0.4, -0.2) is 20.9 Å². The van der Waals surface area contributed by atoms with E-state index >= 15 is 0 Å². The number of hydrogen-bond donors (Lipinski definition) is 1. The molecular weight excluding hydrogens is 439 g/mol. The third-order valence-corrected chi connectivity index (χ3v) is 5.40. The second-order valence-electron chi connectivity index (χ2n) is 5.10. The molecule has 0 atom stereocenters. The third-order valence-electron chi connectivity index (χ3n) is 3.22. The van der Waals surface area contributed by atoms with E-state index in [1.807, 2.05) is 4.72 Å². The van der Waals surface area contributed by atoms with Crippen molar-refractivity contribution in [1.29, 1.82) is 0 Å². The standard InChI is InChI=1S/C16H13BrF3NO4S/c17-14-7-2-1-4-11(14)10-25-15(22)9-21-26(23,24)13-6-3-5-12(8-13)16(18,19)20/h1-8,21H,9-10H2. The first-order valence-electron chi connectivity index (χ1n) is 7.15. The summed E-state index contributed by atoms with van der Waals surface area (Å²) in [5.41, 5.74) is -0.418. The van der Waals surface area contributed by atoms with Crippen LogP contribution in [0, 0.1) is 0 Å². The van der Waals surface area contributed by atoms with Gasteiger partial charge in [0.2, 0.25) is 10.0 Å². The first kappa shape index (κ1) is 20.4. The number of halogens is 4. The minimum Gasteiger partial charge on any atom is -0.460 e. The summed E-state index contributed by atoms with van der Waals surface area (Å²) in [5, 5.41) is 0. The van der Waals surface area contributed by atoms with Gasteiger partial charge in [-0.2, -0.15) is 17.9 Å². The number of esters is 1. The summed E-state index contributed by atoms with van der Waals surface area (Å²) < 4.78 is 69.7. The average molecular weight is 452 g/mol. The molecule has 0 saturated carbocycles. The Labute approximate surface area is 156 Å². The molecule has 140 valence electrons. The molecule has 0 fully saturated rings. The number of benzene rings is 2. The molecule has 10 heteroatoms. The van der Waals surface area contributed by atoms with E-state index in [2.05, 4.69) is 15.9 Å². The Bertz CT molecular complexity index is 900. The fourth-order valence-corrected chi connectivity index (χ4v) is 3.32. The number of nitrogens with one attached hydrogen (secondary N) is 1. The minimum atomic E-state index is -4.67.